The number of aromatic amines is 1. The van der Waals surface area contributed by atoms with Crippen LogP contribution in [0.25, 0.3) is 10.9 Å². The van der Waals surface area contributed by atoms with Gasteiger partial charge in [-0.15, -0.1) is 0 Å². The SMILES string of the molecule is Nc1n[nH]c(=O)c2c1c(I)cn2C1O[C@H](CO)[C@@H](O)[C@H]1O. The number of ether oxygens (including phenoxy) is 1. The van der Waals surface area contributed by atoms with E-state index in [4.69, 9.17) is 15.6 Å². The van der Waals surface area contributed by atoms with Crippen LogP contribution in [0.3, 0.4) is 0 Å². The molecule has 1 fully saturated rings. The molecule has 0 aliphatic carbocycles. The van der Waals surface area contributed by atoms with Crippen LogP contribution in [0.5, 0.6) is 0 Å². The van der Waals surface area contributed by atoms with Crippen molar-refractivity contribution >= 4 is 39.3 Å². The predicted molar refractivity (Wildman–Crippen MR) is 80.5 cm³/mol. The summed E-state index contributed by atoms with van der Waals surface area (Å²) >= 11 is 1.99. The van der Waals surface area contributed by atoms with E-state index in [1.807, 2.05) is 22.6 Å². The number of aliphatic hydroxyl groups is 3. The van der Waals surface area contributed by atoms with Gasteiger partial charge in [-0.3, -0.25) is 4.79 Å². The van der Waals surface area contributed by atoms with Gasteiger partial charge >= 0.3 is 0 Å². The summed E-state index contributed by atoms with van der Waals surface area (Å²) in [5, 5.41) is 35.4. The molecule has 0 aromatic carbocycles. The van der Waals surface area contributed by atoms with Crippen molar-refractivity contribution in [1.29, 1.82) is 0 Å². The van der Waals surface area contributed by atoms with Gasteiger partial charge in [-0.05, 0) is 22.6 Å². The van der Waals surface area contributed by atoms with Crippen LogP contribution in [0.1, 0.15) is 6.23 Å². The van der Waals surface area contributed by atoms with Gasteiger partial charge in [0.1, 0.15) is 23.8 Å². The number of anilines is 1. The first-order valence-corrected chi connectivity index (χ1v) is 7.20. The molecule has 1 aliphatic rings. The largest absolute Gasteiger partial charge is 0.394 e. The minimum atomic E-state index is -1.28. The number of hydrogen-bond donors (Lipinski definition) is 5. The number of fused-ring (bicyclic) bond motifs is 1. The first-order chi connectivity index (χ1) is 9.95. The van der Waals surface area contributed by atoms with E-state index in [1.165, 1.54) is 4.57 Å². The second-order valence-electron chi connectivity index (χ2n) is 4.77. The summed E-state index contributed by atoms with van der Waals surface area (Å²) in [5.74, 6) is 0.152. The van der Waals surface area contributed by atoms with E-state index in [0.717, 1.165) is 0 Å². The molecule has 0 amide bonds. The molecule has 6 N–H and O–H groups in total. The average Bonchev–Trinajstić information content (AvgIpc) is 2.94. The van der Waals surface area contributed by atoms with Gasteiger partial charge in [0, 0.05) is 9.77 Å². The van der Waals surface area contributed by atoms with Crippen LogP contribution < -0.4 is 11.3 Å². The molecule has 1 aliphatic heterocycles. The number of halogens is 1. The lowest BCUT2D eigenvalue weighted by Crippen LogP contribution is -2.33. The Bertz CT molecular complexity index is 744. The summed E-state index contributed by atoms with van der Waals surface area (Å²) in [6.45, 7) is -0.439. The maximum absolute atomic E-state index is 12.0. The van der Waals surface area contributed by atoms with Crippen LogP contribution in [-0.2, 0) is 4.74 Å². The second-order valence-corrected chi connectivity index (χ2v) is 5.94. The lowest BCUT2D eigenvalue weighted by atomic mass is 10.1. The zero-order valence-corrected chi connectivity index (χ0v) is 12.8. The number of hydrogen-bond acceptors (Lipinski definition) is 7. The quantitative estimate of drug-likeness (QED) is 0.381. The summed E-state index contributed by atoms with van der Waals surface area (Å²) in [4.78, 5) is 12.0. The number of nitrogens with one attached hydrogen (secondary N) is 1. The molecule has 1 unspecified atom stereocenters. The van der Waals surface area contributed by atoms with Gasteiger partial charge in [0.05, 0.1) is 12.0 Å². The van der Waals surface area contributed by atoms with Gasteiger partial charge in [0.2, 0.25) is 0 Å². The molecule has 0 radical (unpaired) electrons. The fraction of sp³-hybridized carbons (Fsp3) is 0.455. The molecule has 2 aromatic rings. The standard InChI is InChI=1S/C11H13IN4O5/c12-3-1-16(6-5(3)9(13)14-15-10(6)20)11-8(19)7(18)4(2-17)21-11/h1,4,7-8,11,17-19H,2H2,(H2,13,14)(H,15,20)/t4-,7-,8-,11?/m1/s1. The maximum Gasteiger partial charge on any atom is 0.288 e. The number of nitrogens with two attached hydrogens (primary N) is 1. The van der Waals surface area contributed by atoms with Gasteiger partial charge in [-0.2, -0.15) is 5.10 Å². The summed E-state index contributed by atoms with van der Waals surface area (Å²) in [5.41, 5.74) is 5.47. The van der Waals surface area contributed by atoms with Gasteiger partial charge in [-0.25, -0.2) is 5.10 Å². The smallest absolute Gasteiger partial charge is 0.288 e. The minimum Gasteiger partial charge on any atom is -0.394 e. The molecule has 4 atom stereocenters. The lowest BCUT2D eigenvalue weighted by Gasteiger charge is -2.17. The molecule has 9 nitrogen and oxygen atoms in total. The Morgan fingerprint density at radius 1 is 1.48 bits per heavy atom. The third-order valence-electron chi connectivity index (χ3n) is 3.53. The van der Waals surface area contributed by atoms with Crippen molar-refractivity contribution in [2.24, 2.45) is 0 Å². The van der Waals surface area contributed by atoms with Crippen molar-refractivity contribution in [2.45, 2.75) is 24.5 Å². The maximum atomic E-state index is 12.0. The van der Waals surface area contributed by atoms with Crippen molar-refractivity contribution < 1.29 is 20.1 Å². The summed E-state index contributed by atoms with van der Waals surface area (Å²) in [6, 6.07) is 0. The van der Waals surface area contributed by atoms with Crippen LogP contribution >= 0.6 is 22.6 Å². The second kappa shape index (κ2) is 5.21. The molecule has 3 rings (SSSR count). The average molecular weight is 408 g/mol. The molecule has 2 aromatic heterocycles. The number of nitrogen functional groups attached to an aromatic ring is 1. The summed E-state index contributed by atoms with van der Waals surface area (Å²) in [7, 11) is 0. The van der Waals surface area contributed by atoms with E-state index >= 15 is 0 Å². The highest BCUT2D eigenvalue weighted by Crippen LogP contribution is 2.34. The van der Waals surface area contributed by atoms with Crippen molar-refractivity contribution in [3.63, 3.8) is 0 Å². The minimum absolute atomic E-state index is 0.152. The zero-order chi connectivity index (χ0) is 15.3. The Morgan fingerprint density at radius 2 is 2.19 bits per heavy atom. The Labute approximate surface area is 131 Å². The first kappa shape index (κ1) is 14.7. The van der Waals surface area contributed by atoms with Crippen LogP contribution in [0.2, 0.25) is 0 Å². The Balaban J connectivity index is 2.18. The van der Waals surface area contributed by atoms with E-state index in [9.17, 15) is 15.0 Å². The summed E-state index contributed by atoms with van der Waals surface area (Å²) in [6.07, 6.45) is -2.85. The van der Waals surface area contributed by atoms with E-state index in [1.54, 1.807) is 6.20 Å². The molecule has 114 valence electrons. The van der Waals surface area contributed by atoms with E-state index in [2.05, 4.69) is 10.2 Å². The number of aliphatic hydroxyl groups excluding tert-OH is 3. The highest BCUT2D eigenvalue weighted by atomic mass is 127. The molecule has 0 saturated carbocycles. The third kappa shape index (κ3) is 2.14. The van der Waals surface area contributed by atoms with Crippen LogP contribution in [0, 0.1) is 3.57 Å². The Hall–Kier alpha value is -1.21. The monoisotopic (exact) mass is 408 g/mol. The lowest BCUT2D eigenvalue weighted by molar-refractivity contribution is -0.0507. The van der Waals surface area contributed by atoms with Crippen molar-refractivity contribution in [2.75, 3.05) is 12.3 Å². The topological polar surface area (TPSA) is 147 Å². The van der Waals surface area contributed by atoms with E-state index in [0.29, 0.717) is 8.96 Å². The van der Waals surface area contributed by atoms with Crippen LogP contribution in [0.15, 0.2) is 11.0 Å². The number of nitrogens with zero attached hydrogens (tertiary/aromatic N) is 2. The molecule has 0 bridgehead atoms. The van der Waals surface area contributed by atoms with Crippen LogP contribution in [-0.4, -0.2) is 55.0 Å². The number of rotatable bonds is 2. The molecule has 21 heavy (non-hydrogen) atoms. The van der Waals surface area contributed by atoms with Gasteiger partial charge in [0.15, 0.2) is 12.0 Å². The summed E-state index contributed by atoms with van der Waals surface area (Å²) < 4.78 is 7.50. The number of aromatic nitrogens is 3. The van der Waals surface area contributed by atoms with Gasteiger partial charge in [-0.1, -0.05) is 0 Å². The highest BCUT2D eigenvalue weighted by molar-refractivity contribution is 14.1. The first-order valence-electron chi connectivity index (χ1n) is 6.12. The van der Waals surface area contributed by atoms with Gasteiger partial charge < -0.3 is 30.4 Å². The zero-order valence-electron chi connectivity index (χ0n) is 10.6. The van der Waals surface area contributed by atoms with Crippen LogP contribution in [0.4, 0.5) is 5.82 Å². The Morgan fingerprint density at radius 3 is 2.81 bits per heavy atom. The number of H-pyrrole nitrogens is 1. The van der Waals surface area contributed by atoms with E-state index < -0.39 is 36.7 Å². The molecular formula is C11H13IN4O5. The molecule has 1 saturated heterocycles. The Kier molecular flexibility index (Phi) is 3.65. The fourth-order valence-electron chi connectivity index (χ4n) is 2.50. The van der Waals surface area contributed by atoms with Crippen molar-refractivity contribution in [3.8, 4) is 0 Å². The van der Waals surface area contributed by atoms with Gasteiger partial charge in [0.25, 0.3) is 5.56 Å². The normalized spacial score (nSPS) is 29.3. The molecule has 0 spiro atoms. The molecular weight excluding hydrogens is 395 g/mol. The molecule has 3 heterocycles. The molecule has 10 heteroatoms. The van der Waals surface area contributed by atoms with Crippen molar-refractivity contribution in [3.05, 3.63) is 20.1 Å². The van der Waals surface area contributed by atoms with E-state index in [-0.39, 0.29) is 11.3 Å². The highest BCUT2D eigenvalue weighted by Gasteiger charge is 2.44. The third-order valence-corrected chi connectivity index (χ3v) is 4.34. The predicted octanol–water partition coefficient (Wildman–Crippen LogP) is -1.48. The van der Waals surface area contributed by atoms with Crippen molar-refractivity contribution in [1.82, 2.24) is 14.8 Å². The fourth-order valence-corrected chi connectivity index (χ4v) is 3.33.